The Morgan fingerprint density at radius 1 is 1.38 bits per heavy atom. The molecule has 0 aromatic heterocycles. The summed E-state index contributed by atoms with van der Waals surface area (Å²) in [6.45, 7) is 6.56. The Morgan fingerprint density at radius 3 is 2.56 bits per heavy atom. The van der Waals surface area contributed by atoms with Crippen LogP contribution in [0.4, 0.5) is 0 Å². The molecule has 1 nitrogen and oxygen atoms in total. The summed E-state index contributed by atoms with van der Waals surface area (Å²) in [5, 5.41) is 4.70. The van der Waals surface area contributed by atoms with E-state index in [2.05, 4.69) is 44.3 Å². The molecule has 90 valence electrons. The molecule has 16 heavy (non-hydrogen) atoms. The summed E-state index contributed by atoms with van der Waals surface area (Å²) >= 11 is 8.13. The van der Waals surface area contributed by atoms with E-state index in [-0.39, 0.29) is 0 Å². The van der Waals surface area contributed by atoms with Crippen LogP contribution in [0, 0.1) is 0 Å². The zero-order valence-corrected chi connectivity index (χ0v) is 12.0. The van der Waals surface area contributed by atoms with E-state index < -0.39 is 0 Å². The zero-order chi connectivity index (χ0) is 12.1. The standard InChI is InChI=1S/C13H20ClNS/c1-5-9(2)16-13-7-6-11(8-12(13)14)10(3)15-4/h6-10,15H,5H2,1-4H3. The van der Waals surface area contributed by atoms with E-state index in [0.717, 1.165) is 11.4 Å². The normalized spacial score (nSPS) is 14.8. The van der Waals surface area contributed by atoms with Crippen molar-refractivity contribution in [1.29, 1.82) is 0 Å². The maximum Gasteiger partial charge on any atom is 0.0545 e. The summed E-state index contributed by atoms with van der Waals surface area (Å²) in [5.41, 5.74) is 1.24. The number of nitrogens with one attached hydrogen (secondary N) is 1. The van der Waals surface area contributed by atoms with Crippen LogP contribution in [0.15, 0.2) is 23.1 Å². The van der Waals surface area contributed by atoms with Crippen molar-refractivity contribution in [3.63, 3.8) is 0 Å². The molecule has 0 aliphatic carbocycles. The van der Waals surface area contributed by atoms with Crippen LogP contribution in [-0.2, 0) is 0 Å². The van der Waals surface area contributed by atoms with E-state index in [4.69, 9.17) is 11.6 Å². The second-order valence-corrected chi connectivity index (χ2v) is 5.92. The Hall–Kier alpha value is -0.180. The monoisotopic (exact) mass is 257 g/mol. The first kappa shape index (κ1) is 13.9. The van der Waals surface area contributed by atoms with Gasteiger partial charge in [0, 0.05) is 16.2 Å². The van der Waals surface area contributed by atoms with Crippen molar-refractivity contribution >= 4 is 23.4 Å². The van der Waals surface area contributed by atoms with Crippen LogP contribution in [0.1, 0.15) is 38.8 Å². The van der Waals surface area contributed by atoms with Crippen molar-refractivity contribution < 1.29 is 0 Å². The van der Waals surface area contributed by atoms with E-state index in [9.17, 15) is 0 Å². The van der Waals surface area contributed by atoms with Gasteiger partial charge in [-0.15, -0.1) is 11.8 Å². The molecule has 1 aromatic rings. The summed E-state index contributed by atoms with van der Waals surface area (Å²) in [6.07, 6.45) is 1.16. The number of halogens is 1. The summed E-state index contributed by atoms with van der Waals surface area (Å²) in [5.74, 6) is 0. The van der Waals surface area contributed by atoms with E-state index in [1.54, 1.807) is 0 Å². The highest BCUT2D eigenvalue weighted by atomic mass is 35.5. The van der Waals surface area contributed by atoms with Crippen LogP contribution in [0.25, 0.3) is 0 Å². The fourth-order valence-electron chi connectivity index (χ4n) is 1.35. The lowest BCUT2D eigenvalue weighted by atomic mass is 10.1. The van der Waals surface area contributed by atoms with Crippen molar-refractivity contribution in [2.75, 3.05) is 7.05 Å². The number of thioether (sulfide) groups is 1. The first-order valence-corrected chi connectivity index (χ1v) is 6.97. The molecule has 0 saturated heterocycles. The van der Waals surface area contributed by atoms with Gasteiger partial charge in [-0.05, 0) is 38.1 Å². The quantitative estimate of drug-likeness (QED) is 0.779. The van der Waals surface area contributed by atoms with Gasteiger partial charge in [-0.25, -0.2) is 0 Å². The van der Waals surface area contributed by atoms with Gasteiger partial charge in [-0.1, -0.05) is 31.5 Å². The minimum absolute atomic E-state index is 0.347. The molecule has 0 fully saturated rings. The zero-order valence-electron chi connectivity index (χ0n) is 10.4. The SMILES string of the molecule is CCC(C)Sc1ccc(C(C)NC)cc1Cl. The maximum absolute atomic E-state index is 6.28. The van der Waals surface area contributed by atoms with Gasteiger partial charge in [0.15, 0.2) is 0 Å². The molecule has 0 spiro atoms. The fraction of sp³-hybridized carbons (Fsp3) is 0.538. The number of benzene rings is 1. The van der Waals surface area contributed by atoms with Crippen molar-refractivity contribution in [3.8, 4) is 0 Å². The minimum atomic E-state index is 0.347. The highest BCUT2D eigenvalue weighted by Gasteiger charge is 2.09. The van der Waals surface area contributed by atoms with Crippen LogP contribution >= 0.6 is 23.4 Å². The molecule has 2 unspecified atom stereocenters. The number of rotatable bonds is 5. The predicted molar refractivity (Wildman–Crippen MR) is 74.5 cm³/mol. The summed E-state index contributed by atoms with van der Waals surface area (Å²) in [7, 11) is 1.96. The molecule has 0 bridgehead atoms. The molecule has 2 atom stereocenters. The van der Waals surface area contributed by atoms with Gasteiger partial charge in [0.1, 0.15) is 0 Å². The summed E-state index contributed by atoms with van der Waals surface area (Å²) in [4.78, 5) is 1.18. The molecular weight excluding hydrogens is 238 g/mol. The second-order valence-electron chi connectivity index (χ2n) is 4.04. The smallest absolute Gasteiger partial charge is 0.0545 e. The third-order valence-electron chi connectivity index (χ3n) is 2.79. The molecule has 0 radical (unpaired) electrons. The Bertz CT molecular complexity index is 341. The van der Waals surface area contributed by atoms with Gasteiger partial charge in [0.05, 0.1) is 5.02 Å². The molecule has 0 saturated carbocycles. The Balaban J connectivity index is 2.83. The lowest BCUT2D eigenvalue weighted by Crippen LogP contribution is -2.12. The molecule has 1 aromatic carbocycles. The molecule has 0 amide bonds. The largest absolute Gasteiger partial charge is 0.313 e. The number of hydrogen-bond acceptors (Lipinski definition) is 2. The predicted octanol–water partition coefficient (Wildman–Crippen LogP) is 4.51. The molecule has 3 heteroatoms. The molecule has 1 rings (SSSR count). The molecule has 0 aliphatic rings. The molecular formula is C13H20ClNS. The number of hydrogen-bond donors (Lipinski definition) is 1. The summed E-state index contributed by atoms with van der Waals surface area (Å²) in [6, 6.07) is 6.69. The topological polar surface area (TPSA) is 12.0 Å². The third kappa shape index (κ3) is 3.69. The van der Waals surface area contributed by atoms with Crippen molar-refractivity contribution in [2.24, 2.45) is 0 Å². The lowest BCUT2D eigenvalue weighted by Gasteiger charge is -2.14. The lowest BCUT2D eigenvalue weighted by molar-refractivity contribution is 0.652. The van der Waals surface area contributed by atoms with E-state index in [1.165, 1.54) is 10.5 Å². The van der Waals surface area contributed by atoms with Crippen molar-refractivity contribution in [1.82, 2.24) is 5.32 Å². The second kappa shape index (κ2) is 6.53. The molecule has 0 heterocycles. The minimum Gasteiger partial charge on any atom is -0.313 e. The van der Waals surface area contributed by atoms with E-state index in [0.29, 0.717) is 11.3 Å². The average molecular weight is 258 g/mol. The van der Waals surface area contributed by atoms with E-state index in [1.807, 2.05) is 18.8 Å². The van der Waals surface area contributed by atoms with Gasteiger partial charge in [0.25, 0.3) is 0 Å². The Morgan fingerprint density at radius 2 is 2.06 bits per heavy atom. The van der Waals surface area contributed by atoms with Crippen LogP contribution < -0.4 is 5.32 Å². The van der Waals surface area contributed by atoms with Gasteiger partial charge < -0.3 is 5.32 Å². The van der Waals surface area contributed by atoms with Crippen LogP contribution in [-0.4, -0.2) is 12.3 Å². The summed E-state index contributed by atoms with van der Waals surface area (Å²) < 4.78 is 0. The van der Waals surface area contributed by atoms with Crippen LogP contribution in [0.2, 0.25) is 5.02 Å². The van der Waals surface area contributed by atoms with Gasteiger partial charge in [0.2, 0.25) is 0 Å². The van der Waals surface area contributed by atoms with Crippen LogP contribution in [0.5, 0.6) is 0 Å². The Labute approximate surface area is 108 Å². The van der Waals surface area contributed by atoms with Crippen molar-refractivity contribution in [2.45, 2.75) is 43.4 Å². The maximum atomic E-state index is 6.28. The molecule has 0 aliphatic heterocycles. The fourth-order valence-corrected chi connectivity index (χ4v) is 2.59. The highest BCUT2D eigenvalue weighted by molar-refractivity contribution is 8.00. The molecule has 1 N–H and O–H groups in total. The third-order valence-corrected chi connectivity index (χ3v) is 4.56. The van der Waals surface area contributed by atoms with Gasteiger partial charge >= 0.3 is 0 Å². The average Bonchev–Trinajstić information content (AvgIpc) is 2.30. The first-order valence-electron chi connectivity index (χ1n) is 5.71. The van der Waals surface area contributed by atoms with Crippen LogP contribution in [0.3, 0.4) is 0 Å². The first-order chi connectivity index (χ1) is 7.58. The Kier molecular flexibility index (Phi) is 5.67. The van der Waals surface area contributed by atoms with E-state index >= 15 is 0 Å². The van der Waals surface area contributed by atoms with Gasteiger partial charge in [-0.3, -0.25) is 0 Å². The van der Waals surface area contributed by atoms with Gasteiger partial charge in [-0.2, -0.15) is 0 Å². The van der Waals surface area contributed by atoms with Crippen molar-refractivity contribution in [3.05, 3.63) is 28.8 Å². The highest BCUT2D eigenvalue weighted by Crippen LogP contribution is 2.33.